The molecule has 1 aromatic heterocycles. The van der Waals surface area contributed by atoms with E-state index in [4.69, 9.17) is 14.2 Å². The molecule has 6 heteroatoms. The summed E-state index contributed by atoms with van der Waals surface area (Å²) in [6.07, 6.45) is 0. The topological polar surface area (TPSA) is 48.0 Å². The van der Waals surface area contributed by atoms with Gasteiger partial charge in [0, 0.05) is 29.6 Å². The average molecular weight is 397 g/mol. The van der Waals surface area contributed by atoms with Gasteiger partial charge in [0.05, 0.1) is 14.2 Å². The van der Waals surface area contributed by atoms with Gasteiger partial charge in [0.15, 0.2) is 11.5 Å². The number of thiophene rings is 1. The molecule has 0 saturated carbocycles. The van der Waals surface area contributed by atoms with Gasteiger partial charge >= 0.3 is 0 Å². The van der Waals surface area contributed by atoms with Crippen molar-refractivity contribution in [3.8, 4) is 17.2 Å². The quantitative estimate of drug-likeness (QED) is 0.557. The lowest BCUT2D eigenvalue weighted by molar-refractivity contribution is 0.0783. The van der Waals surface area contributed by atoms with E-state index in [1.54, 1.807) is 49.6 Å². The van der Waals surface area contributed by atoms with Crippen molar-refractivity contribution in [3.05, 3.63) is 76.0 Å². The first kappa shape index (κ1) is 19.8. The van der Waals surface area contributed by atoms with Crippen LogP contribution in [0.3, 0.4) is 0 Å². The first-order chi connectivity index (χ1) is 13.6. The number of rotatable bonds is 8. The minimum atomic E-state index is -0.0913. The maximum atomic E-state index is 12.9. The molecule has 0 aliphatic heterocycles. The second kappa shape index (κ2) is 9.28. The maximum absolute atomic E-state index is 12.9. The van der Waals surface area contributed by atoms with Gasteiger partial charge in [-0.15, -0.1) is 11.3 Å². The van der Waals surface area contributed by atoms with E-state index in [-0.39, 0.29) is 5.91 Å². The fraction of sp³-hybridized carbons (Fsp3) is 0.227. The fourth-order valence-electron chi connectivity index (χ4n) is 2.89. The highest BCUT2D eigenvalue weighted by Gasteiger charge is 2.17. The highest BCUT2D eigenvalue weighted by Crippen LogP contribution is 2.31. The number of carbonyl (C=O) groups excluding carboxylic acids is 1. The van der Waals surface area contributed by atoms with Crippen LogP contribution in [0.25, 0.3) is 0 Å². The van der Waals surface area contributed by atoms with E-state index in [0.717, 1.165) is 10.4 Å². The van der Waals surface area contributed by atoms with Crippen molar-refractivity contribution in [2.45, 2.75) is 13.2 Å². The zero-order valence-corrected chi connectivity index (χ0v) is 17.0. The molecular weight excluding hydrogens is 374 g/mol. The van der Waals surface area contributed by atoms with E-state index in [1.807, 2.05) is 47.8 Å². The van der Waals surface area contributed by atoms with Gasteiger partial charge in [-0.05, 0) is 35.7 Å². The van der Waals surface area contributed by atoms with Crippen LogP contribution in [0, 0.1) is 0 Å². The van der Waals surface area contributed by atoms with Crippen LogP contribution in [-0.4, -0.2) is 32.1 Å². The van der Waals surface area contributed by atoms with E-state index in [1.165, 1.54) is 0 Å². The number of ether oxygens (including phenoxy) is 3. The molecule has 0 unspecified atom stereocenters. The molecule has 0 atom stereocenters. The fourth-order valence-corrected chi connectivity index (χ4v) is 3.51. The van der Waals surface area contributed by atoms with Gasteiger partial charge in [-0.3, -0.25) is 4.79 Å². The first-order valence-corrected chi connectivity index (χ1v) is 9.71. The van der Waals surface area contributed by atoms with Gasteiger partial charge < -0.3 is 19.1 Å². The molecule has 1 amide bonds. The molecule has 0 radical (unpaired) electrons. The number of hydrogen-bond acceptors (Lipinski definition) is 5. The molecule has 28 heavy (non-hydrogen) atoms. The summed E-state index contributed by atoms with van der Waals surface area (Å²) < 4.78 is 16.6. The number of nitrogens with zero attached hydrogens (tertiary/aromatic N) is 1. The normalized spacial score (nSPS) is 10.4. The zero-order valence-electron chi connectivity index (χ0n) is 16.2. The molecule has 0 bridgehead atoms. The largest absolute Gasteiger partial charge is 0.493 e. The second-order valence-corrected chi connectivity index (χ2v) is 7.24. The molecule has 0 saturated heterocycles. The molecule has 0 aliphatic rings. The summed E-state index contributed by atoms with van der Waals surface area (Å²) in [5, 5.41) is 2.01. The Balaban J connectivity index is 1.70. The van der Waals surface area contributed by atoms with Crippen LogP contribution < -0.4 is 14.2 Å². The Morgan fingerprint density at radius 3 is 2.57 bits per heavy atom. The summed E-state index contributed by atoms with van der Waals surface area (Å²) >= 11 is 1.64. The summed E-state index contributed by atoms with van der Waals surface area (Å²) in [5.74, 6) is 1.86. The molecule has 2 aromatic carbocycles. The summed E-state index contributed by atoms with van der Waals surface area (Å²) in [4.78, 5) is 15.7. The van der Waals surface area contributed by atoms with Crippen molar-refractivity contribution in [2.24, 2.45) is 0 Å². The maximum Gasteiger partial charge on any atom is 0.254 e. The highest BCUT2D eigenvalue weighted by atomic mass is 32.1. The van der Waals surface area contributed by atoms with Gasteiger partial charge in [0.25, 0.3) is 5.91 Å². The number of para-hydroxylation sites is 1. The van der Waals surface area contributed by atoms with Gasteiger partial charge in [-0.1, -0.05) is 24.3 Å². The number of amides is 1. The summed E-state index contributed by atoms with van der Waals surface area (Å²) in [6.45, 7) is 0.894. The van der Waals surface area contributed by atoms with Crippen LogP contribution in [-0.2, 0) is 13.2 Å². The Labute approximate surface area is 169 Å². The minimum absolute atomic E-state index is 0.0913. The van der Waals surface area contributed by atoms with Crippen molar-refractivity contribution in [1.29, 1.82) is 0 Å². The lowest BCUT2D eigenvalue weighted by Crippen LogP contribution is -2.26. The van der Waals surface area contributed by atoms with Crippen LogP contribution in [0.1, 0.15) is 20.8 Å². The molecule has 0 N–H and O–H groups in total. The number of benzene rings is 2. The van der Waals surface area contributed by atoms with Crippen LogP contribution >= 0.6 is 11.3 Å². The molecular formula is C22H23NO4S. The first-order valence-electron chi connectivity index (χ1n) is 8.83. The third kappa shape index (κ3) is 4.64. The van der Waals surface area contributed by atoms with Gasteiger partial charge in [0.2, 0.25) is 0 Å². The third-order valence-corrected chi connectivity index (χ3v) is 5.13. The van der Waals surface area contributed by atoms with Crippen LogP contribution in [0.4, 0.5) is 0 Å². The van der Waals surface area contributed by atoms with Crippen molar-refractivity contribution >= 4 is 17.2 Å². The van der Waals surface area contributed by atoms with Crippen molar-refractivity contribution < 1.29 is 19.0 Å². The summed E-state index contributed by atoms with van der Waals surface area (Å²) in [7, 11) is 4.95. The predicted molar refractivity (Wildman–Crippen MR) is 110 cm³/mol. The average Bonchev–Trinajstić information content (AvgIpc) is 3.25. The molecule has 0 fully saturated rings. The van der Waals surface area contributed by atoms with E-state index >= 15 is 0 Å². The Morgan fingerprint density at radius 2 is 1.86 bits per heavy atom. The lowest BCUT2D eigenvalue weighted by Gasteiger charge is -2.20. The minimum Gasteiger partial charge on any atom is -0.493 e. The van der Waals surface area contributed by atoms with Gasteiger partial charge in [-0.2, -0.15) is 0 Å². The molecule has 146 valence electrons. The smallest absolute Gasteiger partial charge is 0.254 e. The van der Waals surface area contributed by atoms with Gasteiger partial charge in [0.1, 0.15) is 12.4 Å². The SMILES string of the molecule is COc1cccc(CN(C)C(=O)c2cccc(OCc3cccs3)c2)c1OC. The van der Waals surface area contributed by atoms with E-state index in [0.29, 0.717) is 36.0 Å². The van der Waals surface area contributed by atoms with Crippen LogP contribution in [0.5, 0.6) is 17.2 Å². The third-order valence-electron chi connectivity index (χ3n) is 4.28. The van der Waals surface area contributed by atoms with Crippen molar-refractivity contribution in [3.63, 3.8) is 0 Å². The molecule has 5 nitrogen and oxygen atoms in total. The number of carbonyl (C=O) groups is 1. The highest BCUT2D eigenvalue weighted by molar-refractivity contribution is 7.09. The van der Waals surface area contributed by atoms with E-state index < -0.39 is 0 Å². The standard InChI is InChI=1S/C22H23NO4S/c1-23(14-17-8-5-11-20(25-2)21(17)26-3)22(24)16-7-4-9-18(13-16)27-15-19-10-6-12-28-19/h4-13H,14-15H2,1-3H3. The molecule has 0 aliphatic carbocycles. The monoisotopic (exact) mass is 397 g/mol. The Morgan fingerprint density at radius 1 is 1.04 bits per heavy atom. The Bertz CT molecular complexity index is 924. The summed E-state index contributed by atoms with van der Waals surface area (Å²) in [6, 6.07) is 16.9. The Hall–Kier alpha value is -2.99. The zero-order chi connectivity index (χ0) is 19.9. The van der Waals surface area contributed by atoms with Crippen molar-refractivity contribution in [1.82, 2.24) is 4.90 Å². The number of methoxy groups -OCH3 is 2. The van der Waals surface area contributed by atoms with Crippen molar-refractivity contribution in [2.75, 3.05) is 21.3 Å². The van der Waals surface area contributed by atoms with Crippen LogP contribution in [0.15, 0.2) is 60.0 Å². The van der Waals surface area contributed by atoms with Crippen LogP contribution in [0.2, 0.25) is 0 Å². The summed E-state index contributed by atoms with van der Waals surface area (Å²) in [5.41, 5.74) is 1.45. The molecule has 1 heterocycles. The van der Waals surface area contributed by atoms with E-state index in [9.17, 15) is 4.79 Å². The lowest BCUT2D eigenvalue weighted by atomic mass is 10.1. The number of hydrogen-bond donors (Lipinski definition) is 0. The molecule has 3 rings (SSSR count). The molecule has 0 spiro atoms. The predicted octanol–water partition coefficient (Wildman–Crippen LogP) is 4.62. The van der Waals surface area contributed by atoms with Gasteiger partial charge in [-0.25, -0.2) is 0 Å². The van der Waals surface area contributed by atoms with E-state index in [2.05, 4.69) is 0 Å². The Kier molecular flexibility index (Phi) is 6.55. The second-order valence-electron chi connectivity index (χ2n) is 6.21. The molecule has 3 aromatic rings.